The summed E-state index contributed by atoms with van der Waals surface area (Å²) in [4.78, 5) is 30.7. The zero-order valence-electron chi connectivity index (χ0n) is 14.6. The van der Waals surface area contributed by atoms with Gasteiger partial charge in [0.15, 0.2) is 0 Å². The van der Waals surface area contributed by atoms with E-state index in [0.29, 0.717) is 13.1 Å². The second kappa shape index (κ2) is 6.13. The number of anilines is 1. The summed E-state index contributed by atoms with van der Waals surface area (Å²) in [5.74, 6) is 1.44. The monoisotopic (exact) mass is 345 g/mol. The maximum absolute atomic E-state index is 12.6. The van der Waals surface area contributed by atoms with E-state index in [0.717, 1.165) is 43.0 Å². The molecule has 0 unspecified atom stereocenters. The number of imide groups is 1. The van der Waals surface area contributed by atoms with Crippen molar-refractivity contribution in [1.82, 2.24) is 9.80 Å². The summed E-state index contributed by atoms with van der Waals surface area (Å²) in [6, 6.07) is 5.34. The first-order valence-corrected chi connectivity index (χ1v) is 8.74. The highest BCUT2D eigenvalue weighted by Crippen LogP contribution is 2.34. The molecule has 0 spiro atoms. The number of carbonyl (C=O) groups excluding carboxylic acids is 2. The molecule has 1 aromatic rings. The molecule has 0 saturated carbocycles. The van der Waals surface area contributed by atoms with Crippen LogP contribution in [0.15, 0.2) is 18.2 Å². The largest absolute Gasteiger partial charge is 0.497 e. The van der Waals surface area contributed by atoms with E-state index < -0.39 is 0 Å². The van der Waals surface area contributed by atoms with Gasteiger partial charge in [-0.25, -0.2) is 4.79 Å². The molecule has 3 aliphatic heterocycles. The van der Waals surface area contributed by atoms with Crippen molar-refractivity contribution < 1.29 is 19.1 Å². The van der Waals surface area contributed by atoms with E-state index in [-0.39, 0.29) is 24.0 Å². The molecule has 3 heterocycles. The van der Waals surface area contributed by atoms with Gasteiger partial charge in [-0.3, -0.25) is 9.69 Å². The number of nitrogens with zero attached hydrogens (tertiary/aromatic N) is 3. The van der Waals surface area contributed by atoms with Crippen LogP contribution in [0.4, 0.5) is 10.5 Å². The van der Waals surface area contributed by atoms with Crippen LogP contribution in [0, 0.1) is 0 Å². The Bertz CT molecular complexity index is 663. The smallest absolute Gasteiger partial charge is 0.327 e. The number of urea groups is 1. The van der Waals surface area contributed by atoms with Gasteiger partial charge < -0.3 is 19.3 Å². The summed E-state index contributed by atoms with van der Waals surface area (Å²) in [6.07, 6.45) is 2.51. The molecule has 3 aliphatic rings. The van der Waals surface area contributed by atoms with E-state index in [1.165, 1.54) is 4.90 Å². The molecule has 3 amide bonds. The van der Waals surface area contributed by atoms with Crippen molar-refractivity contribution in [3.05, 3.63) is 18.2 Å². The zero-order valence-corrected chi connectivity index (χ0v) is 14.6. The fraction of sp³-hybridized carbons (Fsp3) is 0.556. The van der Waals surface area contributed by atoms with Gasteiger partial charge in [0, 0.05) is 43.5 Å². The van der Waals surface area contributed by atoms with Crippen molar-refractivity contribution in [3.8, 4) is 11.5 Å². The first-order chi connectivity index (χ1) is 12.1. The number of hydrogen-bond donors (Lipinski definition) is 0. The third kappa shape index (κ3) is 2.58. The van der Waals surface area contributed by atoms with Gasteiger partial charge in [0.1, 0.15) is 17.5 Å². The number of carbonyl (C=O) groups is 2. The first-order valence-electron chi connectivity index (χ1n) is 8.74. The van der Waals surface area contributed by atoms with Gasteiger partial charge in [0.25, 0.3) is 5.91 Å². The van der Waals surface area contributed by atoms with E-state index >= 15 is 0 Å². The van der Waals surface area contributed by atoms with Crippen LogP contribution in [0.2, 0.25) is 0 Å². The molecule has 7 nitrogen and oxygen atoms in total. The molecule has 0 N–H and O–H groups in total. The van der Waals surface area contributed by atoms with Gasteiger partial charge in [-0.05, 0) is 19.3 Å². The van der Waals surface area contributed by atoms with Crippen molar-refractivity contribution in [3.63, 3.8) is 0 Å². The summed E-state index contributed by atoms with van der Waals surface area (Å²) < 4.78 is 10.7. The predicted octanol–water partition coefficient (Wildman–Crippen LogP) is 1.71. The highest BCUT2D eigenvalue weighted by Gasteiger charge is 2.50. The van der Waals surface area contributed by atoms with Gasteiger partial charge in [0.2, 0.25) is 0 Å². The SMILES string of the molecule is COc1cc(OC)cc(N2CC[C@@H](N3C(=O)[C@@H]4CCCN4C3=O)C2)c1. The minimum atomic E-state index is -0.224. The third-order valence-electron chi connectivity index (χ3n) is 5.46. The molecular weight excluding hydrogens is 322 g/mol. The van der Waals surface area contributed by atoms with Crippen LogP contribution in [0.3, 0.4) is 0 Å². The number of benzene rings is 1. The molecule has 3 fully saturated rings. The number of rotatable bonds is 4. The maximum atomic E-state index is 12.6. The Morgan fingerprint density at radius 1 is 1.00 bits per heavy atom. The van der Waals surface area contributed by atoms with Gasteiger partial charge in [-0.1, -0.05) is 0 Å². The summed E-state index contributed by atoms with van der Waals surface area (Å²) >= 11 is 0. The summed E-state index contributed by atoms with van der Waals surface area (Å²) in [7, 11) is 3.25. The average molecular weight is 345 g/mol. The van der Waals surface area contributed by atoms with Gasteiger partial charge in [-0.15, -0.1) is 0 Å². The minimum Gasteiger partial charge on any atom is -0.497 e. The number of fused-ring (bicyclic) bond motifs is 1. The average Bonchev–Trinajstić information content (AvgIpc) is 3.34. The van der Waals surface area contributed by atoms with Crippen LogP contribution in [0.5, 0.6) is 11.5 Å². The van der Waals surface area contributed by atoms with E-state index in [2.05, 4.69) is 4.90 Å². The lowest BCUT2D eigenvalue weighted by Crippen LogP contribution is -2.43. The van der Waals surface area contributed by atoms with Crippen molar-refractivity contribution in [2.75, 3.05) is 38.8 Å². The minimum absolute atomic E-state index is 0.0161. The molecule has 0 radical (unpaired) electrons. The Morgan fingerprint density at radius 3 is 2.36 bits per heavy atom. The first kappa shape index (κ1) is 16.1. The maximum Gasteiger partial charge on any atom is 0.327 e. The summed E-state index contributed by atoms with van der Waals surface area (Å²) in [5, 5.41) is 0. The topological polar surface area (TPSA) is 62.3 Å². The molecular formula is C18H23N3O4. The van der Waals surface area contributed by atoms with Gasteiger partial charge >= 0.3 is 6.03 Å². The lowest BCUT2D eigenvalue weighted by molar-refractivity contribution is -0.129. The van der Waals surface area contributed by atoms with Crippen LogP contribution in [-0.2, 0) is 4.79 Å². The third-order valence-corrected chi connectivity index (χ3v) is 5.46. The highest BCUT2D eigenvalue weighted by atomic mass is 16.5. The van der Waals surface area contributed by atoms with Crippen LogP contribution in [0.1, 0.15) is 19.3 Å². The summed E-state index contributed by atoms with van der Waals surface area (Å²) in [6.45, 7) is 2.15. The number of hydrogen-bond acceptors (Lipinski definition) is 5. The van der Waals surface area contributed by atoms with E-state index in [1.807, 2.05) is 18.2 Å². The molecule has 25 heavy (non-hydrogen) atoms. The summed E-state index contributed by atoms with van der Waals surface area (Å²) in [5.41, 5.74) is 0.985. The Labute approximate surface area is 147 Å². The van der Waals surface area contributed by atoms with E-state index in [9.17, 15) is 9.59 Å². The van der Waals surface area contributed by atoms with Crippen molar-refractivity contribution in [2.45, 2.75) is 31.3 Å². The Hall–Kier alpha value is -2.44. The normalized spacial score (nSPS) is 25.8. The van der Waals surface area contributed by atoms with Gasteiger partial charge in [0.05, 0.1) is 20.3 Å². The van der Waals surface area contributed by atoms with Crippen molar-refractivity contribution in [1.29, 1.82) is 0 Å². The molecule has 7 heteroatoms. The van der Waals surface area contributed by atoms with Crippen LogP contribution >= 0.6 is 0 Å². The van der Waals surface area contributed by atoms with Gasteiger partial charge in [-0.2, -0.15) is 0 Å². The zero-order chi connectivity index (χ0) is 17.6. The van der Waals surface area contributed by atoms with Crippen LogP contribution in [-0.4, -0.2) is 67.7 Å². The van der Waals surface area contributed by atoms with Crippen LogP contribution < -0.4 is 14.4 Å². The fourth-order valence-electron chi connectivity index (χ4n) is 4.14. The lowest BCUT2D eigenvalue weighted by Gasteiger charge is -2.24. The Balaban J connectivity index is 1.52. The van der Waals surface area contributed by atoms with E-state index in [1.54, 1.807) is 19.1 Å². The molecule has 2 atom stereocenters. The molecule has 4 rings (SSSR count). The molecule has 0 aromatic heterocycles. The van der Waals surface area contributed by atoms with Crippen molar-refractivity contribution >= 4 is 17.6 Å². The Kier molecular flexibility index (Phi) is 3.94. The number of methoxy groups -OCH3 is 2. The van der Waals surface area contributed by atoms with Crippen LogP contribution in [0.25, 0.3) is 0 Å². The highest BCUT2D eigenvalue weighted by molar-refractivity contribution is 6.05. The Morgan fingerprint density at radius 2 is 1.72 bits per heavy atom. The molecule has 134 valence electrons. The fourth-order valence-corrected chi connectivity index (χ4v) is 4.14. The number of ether oxygens (including phenoxy) is 2. The molecule has 0 aliphatic carbocycles. The molecule has 3 saturated heterocycles. The molecule has 1 aromatic carbocycles. The predicted molar refractivity (Wildman–Crippen MR) is 92.1 cm³/mol. The second-order valence-corrected chi connectivity index (χ2v) is 6.80. The standard InChI is InChI=1S/C18H23N3O4/c1-24-14-8-13(9-15(10-14)25-2)19-7-5-12(11-19)21-17(22)16-4-3-6-20(16)18(21)23/h8-10,12,16H,3-7,11H2,1-2H3/t12-,16+/m1/s1. The second-order valence-electron chi connectivity index (χ2n) is 6.80. The number of amides is 3. The van der Waals surface area contributed by atoms with E-state index in [4.69, 9.17) is 9.47 Å². The molecule has 0 bridgehead atoms. The van der Waals surface area contributed by atoms with Crippen molar-refractivity contribution in [2.24, 2.45) is 0 Å². The lowest BCUT2D eigenvalue weighted by atomic mass is 10.2. The quantitative estimate of drug-likeness (QED) is 0.778.